The van der Waals surface area contributed by atoms with Crippen LogP contribution >= 0.6 is 23.4 Å². The molecule has 196 valence electrons. The third-order valence-electron chi connectivity index (χ3n) is 5.62. The first-order chi connectivity index (χ1) is 18.0. The fourth-order valence-electron chi connectivity index (χ4n) is 3.49. The highest BCUT2D eigenvalue weighted by molar-refractivity contribution is 7.99. The van der Waals surface area contributed by atoms with Gasteiger partial charge in [0, 0.05) is 30.9 Å². The lowest BCUT2D eigenvalue weighted by atomic mass is 10.0. The number of carbonyl (C=O) groups excluding carboxylic acids is 1. The van der Waals surface area contributed by atoms with Crippen molar-refractivity contribution in [3.63, 3.8) is 0 Å². The highest BCUT2D eigenvalue weighted by atomic mass is 35.5. The minimum absolute atomic E-state index is 0.00269. The van der Waals surface area contributed by atoms with Crippen LogP contribution in [-0.2, 0) is 14.8 Å². The Morgan fingerprint density at radius 1 is 0.895 bits per heavy atom. The molecule has 0 aliphatic carbocycles. The zero-order valence-corrected chi connectivity index (χ0v) is 23.7. The number of aromatic nitrogens is 3. The Bertz CT molecular complexity index is 1580. The molecule has 0 fully saturated rings. The summed E-state index contributed by atoms with van der Waals surface area (Å²) in [6.45, 7) is 4.04. The number of benzene rings is 3. The van der Waals surface area contributed by atoms with E-state index in [9.17, 15) is 13.2 Å². The molecule has 4 rings (SSSR count). The minimum atomic E-state index is -3.77. The molecule has 4 aromatic rings. The maximum Gasteiger partial charge on any atom is 0.244 e. The molecule has 0 saturated heterocycles. The average Bonchev–Trinajstić information content (AvgIpc) is 2.89. The molecular weight excluding hydrogens is 542 g/mol. The van der Waals surface area contributed by atoms with Crippen molar-refractivity contribution in [2.45, 2.75) is 23.9 Å². The molecule has 0 aliphatic rings. The number of sulfonamides is 1. The largest absolute Gasteiger partial charge is 0.325 e. The standard InChI is InChI=1S/C27H26ClN5O3S2/c1-17-5-9-19(10-6-17)25-26(20-11-7-18(2)8-12-20)31-32-27(30-25)37-16-24(34)29-21-13-14-22(28)23(15-21)38(35,36)33(3)4/h5-15H,16H2,1-4H3,(H,29,34). The van der Waals surface area contributed by atoms with E-state index in [1.807, 2.05) is 62.4 Å². The first-order valence-corrected chi connectivity index (χ1v) is 14.4. The van der Waals surface area contributed by atoms with E-state index in [0.29, 0.717) is 22.2 Å². The molecule has 38 heavy (non-hydrogen) atoms. The molecule has 3 aromatic carbocycles. The molecule has 0 aliphatic heterocycles. The Labute approximate surface area is 231 Å². The van der Waals surface area contributed by atoms with E-state index < -0.39 is 10.0 Å². The number of rotatable bonds is 8. The van der Waals surface area contributed by atoms with Crippen LogP contribution in [0.25, 0.3) is 22.5 Å². The molecule has 1 amide bonds. The summed E-state index contributed by atoms with van der Waals surface area (Å²) in [5.41, 5.74) is 5.69. The van der Waals surface area contributed by atoms with Crippen molar-refractivity contribution in [2.75, 3.05) is 25.2 Å². The van der Waals surface area contributed by atoms with Crippen LogP contribution in [0.2, 0.25) is 5.02 Å². The van der Waals surface area contributed by atoms with E-state index in [1.165, 1.54) is 26.2 Å². The quantitative estimate of drug-likeness (QED) is 0.282. The first kappa shape index (κ1) is 27.7. The monoisotopic (exact) mass is 567 g/mol. The van der Waals surface area contributed by atoms with Crippen molar-refractivity contribution in [1.29, 1.82) is 0 Å². The third-order valence-corrected chi connectivity index (χ3v) is 8.76. The molecule has 0 atom stereocenters. The number of nitrogens with zero attached hydrogens (tertiary/aromatic N) is 4. The smallest absolute Gasteiger partial charge is 0.244 e. The lowest BCUT2D eigenvalue weighted by Crippen LogP contribution is -2.23. The van der Waals surface area contributed by atoms with Gasteiger partial charge in [-0.05, 0) is 32.0 Å². The molecule has 1 aromatic heterocycles. The number of anilines is 1. The highest BCUT2D eigenvalue weighted by Gasteiger charge is 2.22. The van der Waals surface area contributed by atoms with Crippen molar-refractivity contribution in [3.05, 3.63) is 82.9 Å². The van der Waals surface area contributed by atoms with Crippen molar-refractivity contribution in [1.82, 2.24) is 19.5 Å². The van der Waals surface area contributed by atoms with Gasteiger partial charge in [0.15, 0.2) is 0 Å². The number of carbonyl (C=O) groups is 1. The summed E-state index contributed by atoms with van der Waals surface area (Å²) < 4.78 is 26.1. The van der Waals surface area contributed by atoms with Crippen molar-refractivity contribution in [2.24, 2.45) is 0 Å². The lowest BCUT2D eigenvalue weighted by Gasteiger charge is -2.14. The van der Waals surface area contributed by atoms with Crippen LogP contribution in [-0.4, -0.2) is 53.7 Å². The zero-order chi connectivity index (χ0) is 27.4. The van der Waals surface area contributed by atoms with Gasteiger partial charge in [-0.15, -0.1) is 10.2 Å². The van der Waals surface area contributed by atoms with Gasteiger partial charge in [0.25, 0.3) is 0 Å². The summed E-state index contributed by atoms with van der Waals surface area (Å²) in [6, 6.07) is 20.3. The van der Waals surface area contributed by atoms with Crippen LogP contribution in [0.5, 0.6) is 0 Å². The fourth-order valence-corrected chi connectivity index (χ4v) is 5.47. The maximum atomic E-state index is 12.7. The van der Waals surface area contributed by atoms with Gasteiger partial charge in [0.05, 0.1) is 10.8 Å². The molecule has 0 spiro atoms. The summed E-state index contributed by atoms with van der Waals surface area (Å²) in [5.74, 6) is -0.356. The van der Waals surface area contributed by atoms with Crippen LogP contribution < -0.4 is 5.32 Å². The Kier molecular flexibility index (Phi) is 8.47. The summed E-state index contributed by atoms with van der Waals surface area (Å²) in [5, 5.41) is 11.8. The molecule has 1 N–H and O–H groups in total. The lowest BCUT2D eigenvalue weighted by molar-refractivity contribution is -0.113. The molecule has 8 nitrogen and oxygen atoms in total. The Balaban J connectivity index is 1.55. The maximum absolute atomic E-state index is 12.7. The molecular formula is C27H26ClN5O3S2. The number of hydrogen-bond acceptors (Lipinski definition) is 7. The Hall–Kier alpha value is -3.31. The normalized spacial score (nSPS) is 11.5. The predicted molar refractivity (Wildman–Crippen MR) is 152 cm³/mol. The SMILES string of the molecule is Cc1ccc(-c2nnc(SCC(=O)Nc3ccc(Cl)c(S(=O)(=O)N(C)C)c3)nc2-c2ccc(C)cc2)cc1. The van der Waals surface area contributed by atoms with Crippen LogP contribution in [0.3, 0.4) is 0 Å². The second-order valence-corrected chi connectivity index (χ2v) is 12.3. The second kappa shape index (κ2) is 11.6. The summed E-state index contributed by atoms with van der Waals surface area (Å²) >= 11 is 7.23. The van der Waals surface area contributed by atoms with Gasteiger partial charge in [-0.1, -0.05) is 83.0 Å². The molecule has 1 heterocycles. The summed E-state index contributed by atoms with van der Waals surface area (Å²) in [6.07, 6.45) is 0. The van der Waals surface area contributed by atoms with E-state index in [-0.39, 0.29) is 21.6 Å². The van der Waals surface area contributed by atoms with Crippen LogP contribution in [0.4, 0.5) is 5.69 Å². The average molecular weight is 568 g/mol. The van der Waals surface area contributed by atoms with Gasteiger partial charge >= 0.3 is 0 Å². The molecule has 0 radical (unpaired) electrons. The highest BCUT2D eigenvalue weighted by Crippen LogP contribution is 2.31. The minimum Gasteiger partial charge on any atom is -0.325 e. The third kappa shape index (κ3) is 6.39. The van der Waals surface area contributed by atoms with Gasteiger partial charge in [0.1, 0.15) is 16.3 Å². The molecule has 11 heteroatoms. The van der Waals surface area contributed by atoms with Crippen molar-refractivity contribution < 1.29 is 13.2 Å². The van der Waals surface area contributed by atoms with Crippen LogP contribution in [0, 0.1) is 13.8 Å². The zero-order valence-electron chi connectivity index (χ0n) is 21.3. The topological polar surface area (TPSA) is 105 Å². The predicted octanol–water partition coefficient (Wildman–Crippen LogP) is 5.46. The van der Waals surface area contributed by atoms with Gasteiger partial charge < -0.3 is 5.32 Å². The number of hydrogen-bond donors (Lipinski definition) is 1. The number of nitrogens with one attached hydrogen (secondary N) is 1. The Morgan fingerprint density at radius 3 is 2.05 bits per heavy atom. The fraction of sp³-hybridized carbons (Fsp3) is 0.185. The number of halogens is 1. The number of amides is 1. The number of thioether (sulfide) groups is 1. The van der Waals surface area contributed by atoms with Crippen LogP contribution in [0.15, 0.2) is 76.8 Å². The van der Waals surface area contributed by atoms with E-state index in [4.69, 9.17) is 16.6 Å². The molecule has 0 saturated carbocycles. The number of aryl methyl sites for hydroxylation is 2. The first-order valence-electron chi connectivity index (χ1n) is 11.6. The summed E-state index contributed by atoms with van der Waals surface area (Å²) in [4.78, 5) is 17.3. The summed E-state index contributed by atoms with van der Waals surface area (Å²) in [7, 11) is -0.941. The van der Waals surface area contributed by atoms with Crippen molar-refractivity contribution in [3.8, 4) is 22.5 Å². The van der Waals surface area contributed by atoms with Gasteiger partial charge in [-0.2, -0.15) is 0 Å². The molecule has 0 unspecified atom stereocenters. The van der Waals surface area contributed by atoms with E-state index in [0.717, 1.165) is 38.3 Å². The Morgan fingerprint density at radius 2 is 1.47 bits per heavy atom. The van der Waals surface area contributed by atoms with E-state index in [2.05, 4.69) is 15.5 Å². The second-order valence-electron chi connectivity index (χ2n) is 8.79. The van der Waals surface area contributed by atoms with Crippen LogP contribution in [0.1, 0.15) is 11.1 Å². The van der Waals surface area contributed by atoms with Crippen molar-refractivity contribution >= 4 is 45.0 Å². The van der Waals surface area contributed by atoms with E-state index >= 15 is 0 Å². The van der Waals surface area contributed by atoms with Gasteiger partial charge in [-0.3, -0.25) is 4.79 Å². The van der Waals surface area contributed by atoms with Gasteiger partial charge in [-0.25, -0.2) is 17.7 Å². The van der Waals surface area contributed by atoms with Gasteiger partial charge in [0.2, 0.25) is 21.1 Å². The molecule has 0 bridgehead atoms. The van der Waals surface area contributed by atoms with E-state index in [1.54, 1.807) is 6.07 Å².